The molecule has 2 aromatic rings. The Kier molecular flexibility index (Phi) is 5.54. The van der Waals surface area contributed by atoms with Gasteiger partial charge >= 0.3 is 0 Å². The minimum absolute atomic E-state index is 0.219. The lowest BCUT2D eigenvalue weighted by atomic mass is 10.0. The molecule has 0 heterocycles. The van der Waals surface area contributed by atoms with Gasteiger partial charge < -0.3 is 10.6 Å². The van der Waals surface area contributed by atoms with Gasteiger partial charge in [-0.05, 0) is 61.6 Å². The van der Waals surface area contributed by atoms with Gasteiger partial charge in [0.25, 0.3) is 0 Å². The zero-order valence-electron chi connectivity index (χ0n) is 14.4. The van der Waals surface area contributed by atoms with Gasteiger partial charge in [-0.15, -0.1) is 0 Å². The van der Waals surface area contributed by atoms with Gasteiger partial charge in [0.15, 0.2) is 0 Å². The Bertz CT molecular complexity index is 830. The van der Waals surface area contributed by atoms with Gasteiger partial charge in [-0.2, -0.15) is 0 Å². The van der Waals surface area contributed by atoms with E-state index in [-0.39, 0.29) is 11.8 Å². The SMILES string of the molecule is Cc1ccc(Cl)cc1NC(=O)C1(C(=O)NCCc2ccc(Cl)cc2)CC1. The highest BCUT2D eigenvalue weighted by molar-refractivity contribution is 6.31. The van der Waals surface area contributed by atoms with E-state index in [2.05, 4.69) is 10.6 Å². The molecule has 2 amide bonds. The first-order chi connectivity index (χ1) is 12.4. The van der Waals surface area contributed by atoms with Crippen molar-refractivity contribution in [1.29, 1.82) is 0 Å². The second-order valence-electron chi connectivity index (χ2n) is 6.63. The first-order valence-electron chi connectivity index (χ1n) is 8.51. The Morgan fingerprint density at radius 2 is 1.65 bits per heavy atom. The van der Waals surface area contributed by atoms with Crippen LogP contribution in [0.5, 0.6) is 0 Å². The number of nitrogens with one attached hydrogen (secondary N) is 2. The highest BCUT2D eigenvalue weighted by Crippen LogP contribution is 2.47. The molecule has 3 rings (SSSR count). The predicted molar refractivity (Wildman–Crippen MR) is 105 cm³/mol. The van der Waals surface area contributed by atoms with Crippen molar-refractivity contribution in [2.24, 2.45) is 5.41 Å². The average Bonchev–Trinajstić information content (AvgIpc) is 3.42. The van der Waals surface area contributed by atoms with E-state index < -0.39 is 5.41 Å². The van der Waals surface area contributed by atoms with Gasteiger partial charge in [-0.1, -0.05) is 41.4 Å². The van der Waals surface area contributed by atoms with Gasteiger partial charge in [0.05, 0.1) is 0 Å². The molecule has 0 bridgehead atoms. The summed E-state index contributed by atoms with van der Waals surface area (Å²) in [6.45, 7) is 2.36. The molecule has 6 heteroatoms. The maximum Gasteiger partial charge on any atom is 0.240 e. The summed E-state index contributed by atoms with van der Waals surface area (Å²) in [5, 5.41) is 6.96. The second-order valence-corrected chi connectivity index (χ2v) is 7.50. The summed E-state index contributed by atoms with van der Waals surface area (Å²) in [5.41, 5.74) is 1.66. The van der Waals surface area contributed by atoms with Crippen molar-refractivity contribution in [2.45, 2.75) is 26.2 Å². The number of anilines is 1. The number of amides is 2. The van der Waals surface area contributed by atoms with Crippen LogP contribution >= 0.6 is 23.2 Å². The quantitative estimate of drug-likeness (QED) is 0.718. The molecule has 0 aliphatic heterocycles. The van der Waals surface area contributed by atoms with Crippen molar-refractivity contribution in [3.8, 4) is 0 Å². The number of carbonyl (C=O) groups is 2. The maximum atomic E-state index is 12.6. The van der Waals surface area contributed by atoms with Crippen LogP contribution in [0, 0.1) is 12.3 Å². The molecule has 0 atom stereocenters. The first-order valence-corrected chi connectivity index (χ1v) is 9.27. The Hall–Kier alpha value is -2.04. The third-order valence-corrected chi connectivity index (χ3v) is 5.17. The molecule has 4 nitrogen and oxygen atoms in total. The molecule has 2 aromatic carbocycles. The van der Waals surface area contributed by atoms with E-state index in [0.29, 0.717) is 41.5 Å². The molecule has 0 aromatic heterocycles. The van der Waals surface area contributed by atoms with Crippen LogP contribution in [0.2, 0.25) is 10.0 Å². The van der Waals surface area contributed by atoms with Gasteiger partial charge in [-0.25, -0.2) is 0 Å². The normalized spacial score (nSPS) is 14.6. The molecule has 0 unspecified atom stereocenters. The highest BCUT2D eigenvalue weighted by Gasteiger charge is 2.56. The van der Waals surface area contributed by atoms with Gasteiger partial charge in [0, 0.05) is 22.3 Å². The van der Waals surface area contributed by atoms with Crippen molar-refractivity contribution in [2.75, 3.05) is 11.9 Å². The number of benzene rings is 2. The van der Waals surface area contributed by atoms with E-state index in [1.807, 2.05) is 37.3 Å². The largest absolute Gasteiger partial charge is 0.355 e. The number of rotatable bonds is 6. The van der Waals surface area contributed by atoms with Crippen LogP contribution in [0.3, 0.4) is 0 Å². The lowest BCUT2D eigenvalue weighted by Crippen LogP contribution is -2.40. The number of halogens is 2. The lowest BCUT2D eigenvalue weighted by molar-refractivity contribution is -0.134. The van der Waals surface area contributed by atoms with Crippen molar-refractivity contribution < 1.29 is 9.59 Å². The van der Waals surface area contributed by atoms with Crippen LogP contribution in [0.15, 0.2) is 42.5 Å². The molecular weight excluding hydrogens is 371 g/mol. The van der Waals surface area contributed by atoms with Crippen molar-refractivity contribution in [3.05, 3.63) is 63.6 Å². The summed E-state index contributed by atoms with van der Waals surface area (Å²) in [5.74, 6) is -0.490. The molecule has 2 N–H and O–H groups in total. The van der Waals surface area contributed by atoms with Crippen LogP contribution in [0.4, 0.5) is 5.69 Å². The number of hydrogen-bond acceptors (Lipinski definition) is 2. The Balaban J connectivity index is 1.57. The minimum atomic E-state index is -0.964. The van der Waals surface area contributed by atoms with Gasteiger partial charge in [-0.3, -0.25) is 9.59 Å². The summed E-state index contributed by atoms with van der Waals surface area (Å²) < 4.78 is 0. The summed E-state index contributed by atoms with van der Waals surface area (Å²) in [7, 11) is 0. The fourth-order valence-electron chi connectivity index (χ4n) is 2.79. The smallest absolute Gasteiger partial charge is 0.240 e. The maximum absolute atomic E-state index is 12.6. The molecule has 26 heavy (non-hydrogen) atoms. The third-order valence-electron chi connectivity index (χ3n) is 4.68. The van der Waals surface area contributed by atoms with Crippen LogP contribution in [-0.2, 0) is 16.0 Å². The van der Waals surface area contributed by atoms with Crippen LogP contribution < -0.4 is 10.6 Å². The Morgan fingerprint density at radius 1 is 1.00 bits per heavy atom. The summed E-state index contributed by atoms with van der Waals surface area (Å²) in [6.07, 6.45) is 1.81. The first kappa shape index (κ1) is 18.7. The van der Waals surface area contributed by atoms with Crippen LogP contribution in [0.25, 0.3) is 0 Å². The Morgan fingerprint density at radius 3 is 2.31 bits per heavy atom. The fraction of sp³-hybridized carbons (Fsp3) is 0.300. The molecule has 1 saturated carbocycles. The summed E-state index contributed by atoms with van der Waals surface area (Å²) >= 11 is 11.9. The van der Waals surface area contributed by atoms with Gasteiger partial charge in [0.1, 0.15) is 5.41 Å². The van der Waals surface area contributed by atoms with Crippen molar-refractivity contribution in [1.82, 2.24) is 5.32 Å². The number of hydrogen-bond donors (Lipinski definition) is 2. The standard InChI is InChI=1S/C20H20Cl2N2O2/c1-13-2-5-16(22)12-17(13)24-19(26)20(9-10-20)18(25)23-11-8-14-3-6-15(21)7-4-14/h2-7,12H,8-11H2,1H3,(H,23,25)(H,24,26). The van der Waals surface area contributed by atoms with Crippen LogP contribution in [0.1, 0.15) is 24.0 Å². The molecule has 1 aliphatic rings. The number of carbonyl (C=O) groups excluding carboxylic acids is 2. The van der Waals surface area contributed by atoms with E-state index in [1.165, 1.54) is 0 Å². The van der Waals surface area contributed by atoms with Crippen molar-refractivity contribution in [3.63, 3.8) is 0 Å². The summed E-state index contributed by atoms with van der Waals surface area (Å²) in [4.78, 5) is 25.2. The van der Waals surface area contributed by atoms with Gasteiger partial charge in [0.2, 0.25) is 11.8 Å². The predicted octanol–water partition coefficient (Wildman–Crippen LogP) is 4.38. The van der Waals surface area contributed by atoms with E-state index in [1.54, 1.807) is 12.1 Å². The monoisotopic (exact) mass is 390 g/mol. The van der Waals surface area contributed by atoms with Crippen LogP contribution in [-0.4, -0.2) is 18.4 Å². The highest BCUT2D eigenvalue weighted by atomic mass is 35.5. The second kappa shape index (κ2) is 7.68. The molecule has 136 valence electrons. The van der Waals surface area contributed by atoms with Crippen molar-refractivity contribution >= 4 is 40.7 Å². The minimum Gasteiger partial charge on any atom is -0.355 e. The molecule has 1 aliphatic carbocycles. The lowest BCUT2D eigenvalue weighted by Gasteiger charge is -2.16. The molecule has 0 spiro atoms. The molecular formula is C20H20Cl2N2O2. The molecule has 1 fully saturated rings. The number of aryl methyl sites for hydroxylation is 1. The van der Waals surface area contributed by atoms with E-state index in [9.17, 15) is 9.59 Å². The average molecular weight is 391 g/mol. The fourth-order valence-corrected chi connectivity index (χ4v) is 3.09. The third kappa shape index (κ3) is 4.19. The van der Waals surface area contributed by atoms with E-state index in [4.69, 9.17) is 23.2 Å². The zero-order chi connectivity index (χ0) is 18.7. The van der Waals surface area contributed by atoms with E-state index >= 15 is 0 Å². The zero-order valence-corrected chi connectivity index (χ0v) is 16.0. The topological polar surface area (TPSA) is 58.2 Å². The summed E-state index contributed by atoms with van der Waals surface area (Å²) in [6, 6.07) is 12.8. The molecule has 0 radical (unpaired) electrons. The Labute approximate surface area is 162 Å². The molecule has 0 saturated heterocycles. The van der Waals surface area contributed by atoms with E-state index in [0.717, 1.165) is 11.1 Å².